The molecule has 0 bridgehead atoms. The Morgan fingerprint density at radius 3 is 2.88 bits per heavy atom. The monoisotopic (exact) mass is 348 g/mol. The quantitative estimate of drug-likeness (QED) is 0.765. The van der Waals surface area contributed by atoms with Crippen molar-refractivity contribution in [2.24, 2.45) is 5.92 Å². The fraction of sp³-hybridized carbons (Fsp3) is 0.500. The van der Waals surface area contributed by atoms with Gasteiger partial charge in [0.1, 0.15) is 0 Å². The Labute approximate surface area is 116 Å². The number of halogens is 1. The molecule has 0 saturated carbocycles. The highest BCUT2D eigenvalue weighted by Gasteiger charge is 2.14. The lowest BCUT2D eigenvalue weighted by molar-refractivity contribution is 0.0735. The van der Waals surface area contributed by atoms with E-state index in [4.69, 9.17) is 4.74 Å². The number of pyridine rings is 1. The first-order valence-corrected chi connectivity index (χ1v) is 6.47. The highest BCUT2D eigenvalue weighted by atomic mass is 127. The predicted molar refractivity (Wildman–Crippen MR) is 75.0 cm³/mol. The number of hydrogen-bond donors (Lipinski definition) is 0. The van der Waals surface area contributed by atoms with E-state index in [1.54, 1.807) is 31.5 Å². The Bertz CT molecular complexity index is 385. The van der Waals surface area contributed by atoms with E-state index in [-0.39, 0.29) is 5.91 Å². The summed E-state index contributed by atoms with van der Waals surface area (Å²) in [7, 11) is 3.47. The predicted octanol–water partition coefficient (Wildman–Crippen LogP) is 2.04. The van der Waals surface area contributed by atoms with Crippen LogP contribution < -0.4 is 0 Å². The van der Waals surface area contributed by atoms with E-state index in [1.165, 1.54) is 0 Å². The molecule has 1 amide bonds. The van der Waals surface area contributed by atoms with Crippen molar-refractivity contribution in [3.8, 4) is 0 Å². The summed E-state index contributed by atoms with van der Waals surface area (Å²) in [6.45, 7) is 3.39. The van der Waals surface area contributed by atoms with Crippen LogP contribution in [0.1, 0.15) is 17.3 Å². The number of rotatable bonds is 5. The van der Waals surface area contributed by atoms with Crippen molar-refractivity contribution in [3.63, 3.8) is 0 Å². The van der Waals surface area contributed by atoms with Crippen molar-refractivity contribution < 1.29 is 9.53 Å². The Kier molecular flexibility index (Phi) is 5.84. The Morgan fingerprint density at radius 1 is 1.59 bits per heavy atom. The molecule has 0 aliphatic carbocycles. The third-order valence-corrected chi connectivity index (χ3v) is 2.93. The van der Waals surface area contributed by atoms with E-state index in [1.807, 2.05) is 6.07 Å². The minimum Gasteiger partial charge on any atom is -0.384 e. The van der Waals surface area contributed by atoms with Gasteiger partial charge in [-0.15, -0.1) is 0 Å². The minimum atomic E-state index is -0.000955. The summed E-state index contributed by atoms with van der Waals surface area (Å²) in [5.41, 5.74) is 0.629. The Hall–Kier alpha value is -0.690. The lowest BCUT2D eigenvalue weighted by atomic mass is 10.1. The summed E-state index contributed by atoms with van der Waals surface area (Å²) >= 11 is 2.15. The van der Waals surface area contributed by atoms with Crippen molar-refractivity contribution in [1.29, 1.82) is 0 Å². The van der Waals surface area contributed by atoms with Gasteiger partial charge in [-0.1, -0.05) is 6.92 Å². The first-order chi connectivity index (χ1) is 8.04. The van der Waals surface area contributed by atoms with Crippen LogP contribution in [0.5, 0.6) is 0 Å². The molecule has 17 heavy (non-hydrogen) atoms. The van der Waals surface area contributed by atoms with E-state index in [0.29, 0.717) is 24.6 Å². The van der Waals surface area contributed by atoms with Gasteiger partial charge >= 0.3 is 0 Å². The number of amides is 1. The number of nitrogens with zero attached hydrogens (tertiary/aromatic N) is 2. The topological polar surface area (TPSA) is 42.4 Å². The minimum absolute atomic E-state index is 0.000955. The smallest absolute Gasteiger partial charge is 0.255 e. The first kappa shape index (κ1) is 14.4. The van der Waals surface area contributed by atoms with Gasteiger partial charge in [0, 0.05) is 36.7 Å². The average Bonchev–Trinajstić information content (AvgIpc) is 2.28. The molecule has 0 saturated heterocycles. The average molecular weight is 348 g/mol. The van der Waals surface area contributed by atoms with Crippen LogP contribution in [-0.4, -0.2) is 43.1 Å². The van der Waals surface area contributed by atoms with Crippen molar-refractivity contribution in [1.82, 2.24) is 9.88 Å². The third kappa shape index (κ3) is 4.59. The van der Waals surface area contributed by atoms with Gasteiger partial charge < -0.3 is 9.64 Å². The molecule has 1 atom stereocenters. The lowest BCUT2D eigenvalue weighted by Crippen LogP contribution is -2.32. The molecule has 0 aliphatic rings. The van der Waals surface area contributed by atoms with Gasteiger partial charge in [0.05, 0.1) is 12.2 Å². The summed E-state index contributed by atoms with van der Waals surface area (Å²) in [5, 5.41) is 0. The van der Waals surface area contributed by atoms with E-state index in [9.17, 15) is 4.79 Å². The molecule has 5 heteroatoms. The van der Waals surface area contributed by atoms with E-state index in [2.05, 4.69) is 34.5 Å². The van der Waals surface area contributed by atoms with Gasteiger partial charge in [0.2, 0.25) is 0 Å². The molecule has 94 valence electrons. The van der Waals surface area contributed by atoms with Gasteiger partial charge in [-0.2, -0.15) is 0 Å². The Balaban J connectivity index is 2.63. The molecule has 0 spiro atoms. The number of methoxy groups -OCH3 is 1. The Morgan fingerprint density at radius 2 is 2.29 bits per heavy atom. The van der Waals surface area contributed by atoms with Crippen LogP contribution in [0.3, 0.4) is 0 Å². The summed E-state index contributed by atoms with van der Waals surface area (Å²) in [6, 6.07) is 1.84. The molecule has 0 radical (unpaired) electrons. The van der Waals surface area contributed by atoms with E-state index < -0.39 is 0 Å². The molecule has 0 fully saturated rings. The fourth-order valence-electron chi connectivity index (χ4n) is 1.64. The zero-order valence-corrected chi connectivity index (χ0v) is 12.5. The summed E-state index contributed by atoms with van der Waals surface area (Å²) in [6.07, 6.45) is 3.33. The number of carbonyl (C=O) groups is 1. The standard InChI is InChI=1S/C12H17IN2O2/c1-9(8-17-3)7-15(2)12(16)10-4-11(13)6-14-5-10/h4-6,9H,7-8H2,1-3H3/t9-/m1/s1. The van der Waals surface area contributed by atoms with Gasteiger partial charge in [-0.3, -0.25) is 9.78 Å². The molecule has 1 heterocycles. The van der Waals surface area contributed by atoms with Crippen LogP contribution in [-0.2, 0) is 4.74 Å². The van der Waals surface area contributed by atoms with Gasteiger partial charge in [0.15, 0.2) is 0 Å². The number of carbonyl (C=O) groups excluding carboxylic acids is 1. The molecule has 1 aromatic heterocycles. The van der Waals surface area contributed by atoms with Crippen molar-refractivity contribution in [2.75, 3.05) is 27.3 Å². The molecule has 4 nitrogen and oxygen atoms in total. The number of hydrogen-bond acceptors (Lipinski definition) is 3. The molecule has 0 unspecified atom stereocenters. The highest BCUT2D eigenvalue weighted by Crippen LogP contribution is 2.09. The molecular formula is C12H17IN2O2. The van der Waals surface area contributed by atoms with Crippen LogP contribution >= 0.6 is 22.6 Å². The molecule has 0 aliphatic heterocycles. The van der Waals surface area contributed by atoms with E-state index in [0.717, 1.165) is 3.57 Å². The molecular weight excluding hydrogens is 331 g/mol. The van der Waals surface area contributed by atoms with Crippen LogP contribution in [0, 0.1) is 9.49 Å². The van der Waals surface area contributed by atoms with Crippen molar-refractivity contribution in [3.05, 3.63) is 27.6 Å². The van der Waals surface area contributed by atoms with Crippen molar-refractivity contribution >= 4 is 28.5 Å². The maximum absolute atomic E-state index is 12.1. The molecule has 0 N–H and O–H groups in total. The maximum Gasteiger partial charge on any atom is 0.255 e. The summed E-state index contributed by atoms with van der Waals surface area (Å²) in [5.74, 6) is 0.323. The van der Waals surface area contributed by atoms with Crippen molar-refractivity contribution in [2.45, 2.75) is 6.92 Å². The highest BCUT2D eigenvalue weighted by molar-refractivity contribution is 14.1. The zero-order valence-electron chi connectivity index (χ0n) is 10.3. The second-order valence-corrected chi connectivity index (χ2v) is 5.38. The second kappa shape index (κ2) is 6.90. The third-order valence-electron chi connectivity index (χ3n) is 2.34. The van der Waals surface area contributed by atoms with Crippen LogP contribution in [0.15, 0.2) is 18.5 Å². The normalized spacial score (nSPS) is 12.2. The number of ether oxygens (including phenoxy) is 1. The van der Waals surface area contributed by atoms with Gasteiger partial charge in [0.25, 0.3) is 5.91 Å². The second-order valence-electron chi connectivity index (χ2n) is 4.14. The molecule has 0 aromatic carbocycles. The maximum atomic E-state index is 12.1. The largest absolute Gasteiger partial charge is 0.384 e. The summed E-state index contributed by atoms with van der Waals surface area (Å²) in [4.78, 5) is 17.8. The van der Waals surface area contributed by atoms with Crippen LogP contribution in [0.25, 0.3) is 0 Å². The van der Waals surface area contributed by atoms with E-state index >= 15 is 0 Å². The molecule has 1 aromatic rings. The van der Waals surface area contributed by atoms with Gasteiger partial charge in [-0.25, -0.2) is 0 Å². The van der Waals surface area contributed by atoms with Crippen LogP contribution in [0.2, 0.25) is 0 Å². The summed E-state index contributed by atoms with van der Waals surface area (Å²) < 4.78 is 6.02. The van der Waals surface area contributed by atoms with Crippen LogP contribution in [0.4, 0.5) is 0 Å². The van der Waals surface area contributed by atoms with Gasteiger partial charge in [-0.05, 0) is 34.6 Å². The fourth-order valence-corrected chi connectivity index (χ4v) is 2.13. The molecule has 1 rings (SSSR count). The SMILES string of the molecule is COC[C@H](C)CN(C)C(=O)c1cncc(I)c1. The number of aromatic nitrogens is 1. The first-order valence-electron chi connectivity index (χ1n) is 5.39. The lowest BCUT2D eigenvalue weighted by Gasteiger charge is -2.21. The zero-order chi connectivity index (χ0) is 12.8.